The minimum atomic E-state index is -1.06. The highest BCUT2D eigenvalue weighted by atomic mass is 16.3. The third kappa shape index (κ3) is 5.22. The second-order valence-corrected chi connectivity index (χ2v) is 9.52. The number of benzene rings is 2. The van der Waals surface area contributed by atoms with E-state index in [0.29, 0.717) is 24.5 Å². The lowest BCUT2D eigenvalue weighted by molar-refractivity contribution is -0.133. The Labute approximate surface area is 202 Å². The lowest BCUT2D eigenvalue weighted by Crippen LogP contribution is -2.49. The summed E-state index contributed by atoms with van der Waals surface area (Å²) in [4.78, 5) is 33.3. The molecular formula is C28H35N3O3. The van der Waals surface area contributed by atoms with E-state index in [1.165, 1.54) is 12.8 Å². The summed E-state index contributed by atoms with van der Waals surface area (Å²) < 4.78 is 0. The zero-order valence-corrected chi connectivity index (χ0v) is 20.1. The van der Waals surface area contributed by atoms with Gasteiger partial charge in [-0.3, -0.25) is 9.59 Å². The number of carbonyl (C=O) groups is 2. The minimum absolute atomic E-state index is 0.290. The molecule has 4 rings (SSSR count). The smallest absolute Gasteiger partial charge is 0.272 e. The number of nitrogens with one attached hydrogen (secondary N) is 1. The molecule has 2 amide bonds. The summed E-state index contributed by atoms with van der Waals surface area (Å²) in [7, 11) is 1.71. The molecule has 0 bridgehead atoms. The monoisotopic (exact) mass is 461 g/mol. The Bertz CT molecular complexity index is 1030. The summed E-state index contributed by atoms with van der Waals surface area (Å²) in [5.41, 5.74) is 3.14. The summed E-state index contributed by atoms with van der Waals surface area (Å²) in [6.45, 7) is 2.01. The number of nitrogens with zero attached hydrogens (tertiary/aromatic N) is 2. The Morgan fingerprint density at radius 3 is 2.50 bits per heavy atom. The molecule has 1 aliphatic carbocycles. The van der Waals surface area contributed by atoms with Crippen LogP contribution in [0.5, 0.6) is 0 Å². The van der Waals surface area contributed by atoms with E-state index in [1.54, 1.807) is 11.9 Å². The van der Waals surface area contributed by atoms with Crippen molar-refractivity contribution in [2.45, 2.75) is 64.1 Å². The van der Waals surface area contributed by atoms with Crippen molar-refractivity contribution in [1.29, 1.82) is 0 Å². The van der Waals surface area contributed by atoms with E-state index in [4.69, 9.17) is 4.99 Å². The van der Waals surface area contributed by atoms with Crippen molar-refractivity contribution in [2.24, 2.45) is 16.8 Å². The van der Waals surface area contributed by atoms with Crippen LogP contribution in [0.25, 0.3) is 0 Å². The highest BCUT2D eigenvalue weighted by Gasteiger charge is 2.35. The fourth-order valence-electron chi connectivity index (χ4n) is 5.23. The van der Waals surface area contributed by atoms with E-state index in [2.05, 4.69) is 5.32 Å². The minimum Gasteiger partial charge on any atom is -0.392 e. The number of aliphatic imine (C=N–C) groups is 1. The first-order valence-corrected chi connectivity index (χ1v) is 12.5. The fourth-order valence-corrected chi connectivity index (χ4v) is 5.23. The number of fused-ring (bicyclic) bond motifs is 1. The molecule has 1 heterocycles. The number of aliphatic hydroxyl groups excluding tert-OH is 1. The number of aliphatic hydroxyl groups is 1. The van der Waals surface area contributed by atoms with Gasteiger partial charge in [0.25, 0.3) is 5.91 Å². The Hall–Kier alpha value is -2.99. The Balaban J connectivity index is 1.66. The molecule has 0 spiro atoms. The van der Waals surface area contributed by atoms with E-state index in [0.717, 1.165) is 36.1 Å². The largest absolute Gasteiger partial charge is 0.392 e. The second-order valence-electron chi connectivity index (χ2n) is 9.52. The number of benzodiazepines with no additional fused rings is 1. The molecule has 1 unspecified atom stereocenters. The maximum Gasteiger partial charge on any atom is 0.272 e. The number of hydrogen-bond donors (Lipinski definition) is 2. The van der Waals surface area contributed by atoms with Crippen LogP contribution in [0.15, 0.2) is 59.6 Å². The van der Waals surface area contributed by atoms with E-state index in [1.807, 2.05) is 61.5 Å². The maximum atomic E-state index is 13.5. The molecule has 2 aromatic rings. The standard InChI is InChI=1S/C28H35N3O3/c1-3-11-24(32)22(18-19-12-7-8-13-19)27(33)30-26-28(34)31(2)23-17-10-9-16-21(23)25(29-26)20-14-5-4-6-15-20/h4-6,9-10,14-17,19,22,24,26,32H,3,7-8,11-13,18H2,1-2H3,(H,30,33)/t22-,24+,26?/m1/s1. The molecule has 6 heteroatoms. The highest BCUT2D eigenvalue weighted by Crippen LogP contribution is 2.33. The van der Waals surface area contributed by atoms with Crippen molar-refractivity contribution in [3.05, 3.63) is 65.7 Å². The van der Waals surface area contributed by atoms with Gasteiger partial charge in [0.05, 0.1) is 23.4 Å². The van der Waals surface area contributed by atoms with Gasteiger partial charge in [-0.1, -0.05) is 87.6 Å². The van der Waals surface area contributed by atoms with Crippen molar-refractivity contribution < 1.29 is 14.7 Å². The molecule has 34 heavy (non-hydrogen) atoms. The van der Waals surface area contributed by atoms with Gasteiger partial charge in [0.15, 0.2) is 0 Å². The lowest BCUT2D eigenvalue weighted by Gasteiger charge is -2.27. The molecule has 2 N–H and O–H groups in total. The zero-order valence-electron chi connectivity index (χ0n) is 20.1. The predicted molar refractivity (Wildman–Crippen MR) is 135 cm³/mol. The molecule has 0 saturated heterocycles. The Morgan fingerprint density at radius 2 is 1.79 bits per heavy atom. The van der Waals surface area contributed by atoms with Gasteiger partial charge in [-0.15, -0.1) is 0 Å². The van der Waals surface area contributed by atoms with Crippen molar-refractivity contribution in [1.82, 2.24) is 5.32 Å². The summed E-state index contributed by atoms with van der Waals surface area (Å²) >= 11 is 0. The number of amides is 2. The van der Waals surface area contributed by atoms with E-state index in [9.17, 15) is 14.7 Å². The molecule has 1 fully saturated rings. The molecule has 6 nitrogen and oxygen atoms in total. The molecule has 0 aromatic heterocycles. The summed E-state index contributed by atoms with van der Waals surface area (Å²) in [5, 5.41) is 13.7. The van der Waals surface area contributed by atoms with Crippen molar-refractivity contribution in [2.75, 3.05) is 11.9 Å². The van der Waals surface area contributed by atoms with E-state index < -0.39 is 18.2 Å². The molecule has 0 radical (unpaired) electrons. The first kappa shape index (κ1) is 24.1. The van der Waals surface area contributed by atoms with Crippen LogP contribution in [0.3, 0.4) is 0 Å². The number of anilines is 1. The topological polar surface area (TPSA) is 82.0 Å². The molecular weight excluding hydrogens is 426 g/mol. The van der Waals surface area contributed by atoms with Crippen molar-refractivity contribution >= 4 is 23.2 Å². The number of likely N-dealkylation sites (N-methyl/N-ethyl adjacent to an activating group) is 1. The van der Waals surface area contributed by atoms with E-state index in [-0.39, 0.29) is 11.8 Å². The molecule has 1 aliphatic heterocycles. The van der Waals surface area contributed by atoms with E-state index >= 15 is 0 Å². The average Bonchev–Trinajstić information content (AvgIpc) is 3.35. The van der Waals surface area contributed by atoms with Gasteiger partial charge in [0.1, 0.15) is 0 Å². The molecule has 180 valence electrons. The second kappa shape index (κ2) is 11.0. The van der Waals surface area contributed by atoms with Crippen LogP contribution in [0.1, 0.15) is 63.0 Å². The van der Waals surface area contributed by atoms with Gasteiger partial charge in [0.2, 0.25) is 12.1 Å². The first-order valence-electron chi connectivity index (χ1n) is 12.5. The van der Waals surface area contributed by atoms with Crippen LogP contribution >= 0.6 is 0 Å². The normalized spacial score (nSPS) is 20.3. The number of carbonyl (C=O) groups excluding carboxylic acids is 2. The first-order chi connectivity index (χ1) is 16.5. The molecule has 2 aromatic carbocycles. The molecule has 3 atom stereocenters. The lowest BCUT2D eigenvalue weighted by atomic mass is 9.87. The van der Waals surface area contributed by atoms with Gasteiger partial charge < -0.3 is 15.3 Å². The summed E-state index contributed by atoms with van der Waals surface area (Å²) in [6, 6.07) is 17.4. The van der Waals surface area contributed by atoms with Crippen molar-refractivity contribution in [3.8, 4) is 0 Å². The number of para-hydroxylation sites is 1. The van der Waals surface area contributed by atoms with Crippen LogP contribution in [0.4, 0.5) is 5.69 Å². The van der Waals surface area contributed by atoms with Crippen LogP contribution in [0, 0.1) is 11.8 Å². The SMILES string of the molecule is CCC[C@H](O)[C@@H](CC1CCCC1)C(=O)NC1N=C(c2ccccc2)c2ccccc2N(C)C1=O. The van der Waals surface area contributed by atoms with Gasteiger partial charge in [-0.05, 0) is 24.8 Å². The molecule has 2 aliphatic rings. The number of hydrogen-bond acceptors (Lipinski definition) is 4. The summed E-state index contributed by atoms with van der Waals surface area (Å²) in [6.07, 6.45) is 4.78. The fraction of sp³-hybridized carbons (Fsp3) is 0.464. The zero-order chi connectivity index (χ0) is 24.1. The Kier molecular flexibility index (Phi) is 7.78. The third-order valence-corrected chi connectivity index (χ3v) is 7.12. The van der Waals surface area contributed by atoms with Crippen LogP contribution in [-0.4, -0.2) is 41.9 Å². The van der Waals surface area contributed by atoms with Crippen LogP contribution in [0.2, 0.25) is 0 Å². The third-order valence-electron chi connectivity index (χ3n) is 7.12. The van der Waals surface area contributed by atoms with Crippen LogP contribution < -0.4 is 10.2 Å². The number of rotatable bonds is 8. The Morgan fingerprint density at radius 1 is 1.12 bits per heavy atom. The van der Waals surface area contributed by atoms with Gasteiger partial charge >= 0.3 is 0 Å². The van der Waals surface area contributed by atoms with Gasteiger partial charge in [-0.2, -0.15) is 0 Å². The quantitative estimate of drug-likeness (QED) is 0.615. The summed E-state index contributed by atoms with van der Waals surface area (Å²) in [5.74, 6) is -0.678. The van der Waals surface area contributed by atoms with Gasteiger partial charge in [0, 0.05) is 18.2 Å². The highest BCUT2D eigenvalue weighted by molar-refractivity contribution is 6.20. The predicted octanol–water partition coefficient (Wildman–Crippen LogP) is 4.30. The molecule has 1 saturated carbocycles. The van der Waals surface area contributed by atoms with Crippen LogP contribution in [-0.2, 0) is 9.59 Å². The average molecular weight is 462 g/mol. The maximum absolute atomic E-state index is 13.5. The van der Waals surface area contributed by atoms with Crippen molar-refractivity contribution in [3.63, 3.8) is 0 Å². The van der Waals surface area contributed by atoms with Gasteiger partial charge in [-0.25, -0.2) is 4.99 Å².